The highest BCUT2D eigenvalue weighted by atomic mass is 16.1. The summed E-state index contributed by atoms with van der Waals surface area (Å²) < 4.78 is 1.20. The van der Waals surface area contributed by atoms with Crippen molar-refractivity contribution in [2.75, 3.05) is 25.0 Å². The molecule has 1 N–H and O–H groups in total. The van der Waals surface area contributed by atoms with Crippen molar-refractivity contribution in [3.05, 3.63) is 52.7 Å². The van der Waals surface area contributed by atoms with Gasteiger partial charge < -0.3 is 9.80 Å². The molecule has 2 bridgehead atoms. The van der Waals surface area contributed by atoms with Crippen molar-refractivity contribution in [1.82, 2.24) is 0 Å². The monoisotopic (exact) mass is 321 g/mol. The zero-order chi connectivity index (χ0) is 16.5. The molecule has 2 fully saturated rings. The van der Waals surface area contributed by atoms with Crippen LogP contribution in [0.25, 0.3) is 0 Å². The van der Waals surface area contributed by atoms with Gasteiger partial charge in [-0.2, -0.15) is 0 Å². The Balaban J connectivity index is 1.84. The van der Waals surface area contributed by atoms with E-state index in [2.05, 4.69) is 49.5 Å². The van der Waals surface area contributed by atoms with Crippen molar-refractivity contribution in [2.24, 2.45) is 5.92 Å². The third-order valence-corrected chi connectivity index (χ3v) is 7.49. The minimum Gasteiger partial charge on any atom is -0.357 e. The largest absolute Gasteiger partial charge is 0.357 e. The quantitative estimate of drug-likeness (QED) is 0.514. The first-order valence-electron chi connectivity index (χ1n) is 9.27. The Morgan fingerprint density at radius 2 is 2.21 bits per heavy atom. The highest BCUT2D eigenvalue weighted by molar-refractivity contribution is 5.84. The zero-order valence-electron chi connectivity index (χ0n) is 14.5. The van der Waals surface area contributed by atoms with E-state index in [1.54, 1.807) is 0 Å². The van der Waals surface area contributed by atoms with E-state index in [-0.39, 0.29) is 5.41 Å². The maximum atomic E-state index is 12.1. The number of anilines is 1. The van der Waals surface area contributed by atoms with Gasteiger partial charge in [0, 0.05) is 35.7 Å². The fraction of sp³-hybridized carbons (Fsp3) is 0.476. The molecule has 1 aromatic carbocycles. The third-order valence-electron chi connectivity index (χ3n) is 7.49. The van der Waals surface area contributed by atoms with Crippen molar-refractivity contribution in [1.29, 1.82) is 0 Å². The summed E-state index contributed by atoms with van der Waals surface area (Å²) >= 11 is 0. The summed E-state index contributed by atoms with van der Waals surface area (Å²) in [4.78, 5) is 12.1. The molecular weight excluding hydrogens is 296 g/mol. The average Bonchev–Trinajstić information content (AvgIpc) is 3.15. The molecule has 0 amide bonds. The molecule has 1 aromatic rings. The van der Waals surface area contributed by atoms with Gasteiger partial charge in [-0.3, -0.25) is 4.79 Å². The van der Waals surface area contributed by atoms with Gasteiger partial charge in [0.05, 0.1) is 18.5 Å². The van der Waals surface area contributed by atoms with Crippen molar-refractivity contribution < 1.29 is 9.28 Å². The van der Waals surface area contributed by atoms with Gasteiger partial charge >= 0.3 is 0 Å². The number of allylic oxidation sites excluding steroid dienone is 2. The Bertz CT molecular complexity index is 808. The van der Waals surface area contributed by atoms with Gasteiger partial charge in [-0.1, -0.05) is 24.3 Å². The molecule has 1 aliphatic carbocycles. The molecule has 124 valence electrons. The molecule has 24 heavy (non-hydrogen) atoms. The Morgan fingerprint density at radius 1 is 1.38 bits per heavy atom. The molecular formula is C21H25N2O+. The molecule has 3 nitrogen and oxygen atoms in total. The number of benzene rings is 1. The van der Waals surface area contributed by atoms with Crippen LogP contribution in [0.4, 0.5) is 5.69 Å². The van der Waals surface area contributed by atoms with Crippen molar-refractivity contribution in [2.45, 2.75) is 38.1 Å². The van der Waals surface area contributed by atoms with Gasteiger partial charge in [0.2, 0.25) is 0 Å². The van der Waals surface area contributed by atoms with E-state index in [1.165, 1.54) is 40.1 Å². The van der Waals surface area contributed by atoms with Crippen LogP contribution in [0.2, 0.25) is 0 Å². The second-order valence-corrected chi connectivity index (χ2v) is 7.92. The van der Waals surface area contributed by atoms with E-state index < -0.39 is 0 Å². The number of likely N-dealkylation sites (N-methyl/N-ethyl adjacent to an activating group) is 1. The number of nitrogens with one attached hydrogen (secondary N) is 1. The van der Waals surface area contributed by atoms with Crippen molar-refractivity contribution in [3.63, 3.8) is 0 Å². The number of quaternary nitrogens is 1. The Kier molecular flexibility index (Phi) is 2.78. The van der Waals surface area contributed by atoms with Gasteiger partial charge in [0.15, 0.2) is 0 Å². The van der Waals surface area contributed by atoms with Crippen LogP contribution in [0.1, 0.15) is 32.3 Å². The topological polar surface area (TPSA) is 29.1 Å². The Morgan fingerprint density at radius 3 is 2.96 bits per heavy atom. The Labute approximate surface area is 143 Å². The van der Waals surface area contributed by atoms with Gasteiger partial charge in [0.25, 0.3) is 0 Å². The summed E-state index contributed by atoms with van der Waals surface area (Å²) in [5, 5.41) is 3.68. The molecule has 1 spiro atoms. The number of carbonyl (C=O) groups excluding carboxylic acids is 1. The number of nitrogens with zero attached hydrogens (tertiary/aromatic N) is 1. The number of rotatable bonds is 2. The first-order valence-corrected chi connectivity index (χ1v) is 9.27. The standard InChI is InChI=1S/C21H24N2O/c1-3-14-12-23(4-2)10-9-21-17-7-5-6-8-18(17)22-20(21)16(13-24)15(14)11-19(21)23/h3,5-8,13,15,19H,4,9-12H2,1-2H3/p+1/b14-3+/t15-,19+,21-,23-/m0/s1. The number of hydrogen-bond donors (Lipinski definition) is 1. The van der Waals surface area contributed by atoms with Crippen LogP contribution >= 0.6 is 0 Å². The molecule has 3 heteroatoms. The molecule has 3 aliphatic heterocycles. The van der Waals surface area contributed by atoms with E-state index >= 15 is 0 Å². The molecule has 0 radical (unpaired) electrons. The first kappa shape index (κ1) is 14.5. The second kappa shape index (κ2) is 4.60. The van der Waals surface area contributed by atoms with Crippen LogP contribution in [0.5, 0.6) is 0 Å². The maximum Gasteiger partial charge on any atom is 0.148 e. The molecule has 0 aromatic heterocycles. The highest BCUT2D eigenvalue weighted by Crippen LogP contribution is 2.63. The van der Waals surface area contributed by atoms with E-state index in [9.17, 15) is 4.79 Å². The zero-order valence-corrected chi connectivity index (χ0v) is 14.5. The van der Waals surface area contributed by atoms with Crippen LogP contribution in [0.15, 0.2) is 47.2 Å². The molecule has 4 aliphatic rings. The number of aldehydes is 1. The van der Waals surface area contributed by atoms with E-state index in [4.69, 9.17) is 0 Å². The van der Waals surface area contributed by atoms with Crippen LogP contribution in [0.3, 0.4) is 0 Å². The van der Waals surface area contributed by atoms with E-state index in [0.717, 1.165) is 31.2 Å². The van der Waals surface area contributed by atoms with E-state index in [0.29, 0.717) is 12.0 Å². The lowest BCUT2D eigenvalue weighted by Crippen LogP contribution is -2.63. The van der Waals surface area contributed by atoms with Crippen LogP contribution < -0.4 is 5.32 Å². The van der Waals surface area contributed by atoms with Gasteiger partial charge in [0.1, 0.15) is 18.9 Å². The van der Waals surface area contributed by atoms with Crippen LogP contribution in [-0.2, 0) is 10.2 Å². The summed E-state index contributed by atoms with van der Waals surface area (Å²) in [5.74, 6) is 0.318. The number of piperidine rings is 1. The summed E-state index contributed by atoms with van der Waals surface area (Å²) in [5.41, 5.74) is 6.41. The maximum absolute atomic E-state index is 12.1. The number of fused-ring (bicyclic) bond motifs is 2. The predicted octanol–water partition coefficient (Wildman–Crippen LogP) is 3.39. The highest BCUT2D eigenvalue weighted by Gasteiger charge is 2.67. The third kappa shape index (κ3) is 1.42. The first-order chi connectivity index (χ1) is 11.7. The van der Waals surface area contributed by atoms with E-state index in [1.807, 2.05) is 0 Å². The molecule has 0 unspecified atom stereocenters. The fourth-order valence-corrected chi connectivity index (χ4v) is 6.37. The smallest absolute Gasteiger partial charge is 0.148 e. The van der Waals surface area contributed by atoms with Crippen molar-refractivity contribution in [3.8, 4) is 0 Å². The average molecular weight is 321 g/mol. The molecule has 2 saturated heterocycles. The molecule has 4 atom stereocenters. The predicted molar refractivity (Wildman–Crippen MR) is 95.6 cm³/mol. The Hall–Kier alpha value is -1.87. The SMILES string of the molecule is C/C=C1\C[N@+]2(CC)CC[C@@]34C(=C(C=O)[C@H]1C[C@H]32)Nc1ccccc14. The lowest BCUT2D eigenvalue weighted by atomic mass is 9.61. The minimum atomic E-state index is 0.0403. The molecule has 5 rings (SSSR count). The van der Waals surface area contributed by atoms with Crippen molar-refractivity contribution >= 4 is 12.0 Å². The molecule has 3 heterocycles. The number of para-hydroxylation sites is 1. The minimum absolute atomic E-state index is 0.0403. The number of carbonyl (C=O) groups is 1. The summed E-state index contributed by atoms with van der Waals surface area (Å²) in [6.07, 6.45) is 5.70. The lowest BCUT2D eigenvalue weighted by Gasteiger charge is -2.53. The van der Waals surface area contributed by atoms with Crippen LogP contribution in [-0.4, -0.2) is 36.4 Å². The normalized spacial score (nSPS) is 40.3. The summed E-state index contributed by atoms with van der Waals surface area (Å²) in [6, 6.07) is 9.33. The fourth-order valence-electron chi connectivity index (χ4n) is 6.37. The van der Waals surface area contributed by atoms with Gasteiger partial charge in [-0.15, -0.1) is 0 Å². The summed E-state index contributed by atoms with van der Waals surface area (Å²) in [7, 11) is 0. The second-order valence-electron chi connectivity index (χ2n) is 7.92. The lowest BCUT2D eigenvalue weighted by molar-refractivity contribution is -0.940. The van der Waals surface area contributed by atoms with Gasteiger partial charge in [-0.25, -0.2) is 0 Å². The summed E-state index contributed by atoms with van der Waals surface area (Å²) in [6.45, 7) is 8.01. The number of hydrogen-bond acceptors (Lipinski definition) is 2. The molecule has 0 saturated carbocycles. The van der Waals surface area contributed by atoms with Crippen LogP contribution in [0, 0.1) is 5.92 Å². The van der Waals surface area contributed by atoms with Gasteiger partial charge in [-0.05, 0) is 31.1 Å².